The van der Waals surface area contributed by atoms with Crippen molar-refractivity contribution >= 4 is 17.4 Å². The van der Waals surface area contributed by atoms with Crippen molar-refractivity contribution in [1.82, 2.24) is 4.98 Å². The summed E-state index contributed by atoms with van der Waals surface area (Å²) in [6.45, 7) is 2.46. The molecule has 0 spiro atoms. The zero-order valence-electron chi connectivity index (χ0n) is 9.70. The number of hydrogen-bond donors (Lipinski definition) is 0. The summed E-state index contributed by atoms with van der Waals surface area (Å²) in [4.78, 5) is 5.77. The second kappa shape index (κ2) is 6.01. The number of aromatic nitrogens is 1. The summed E-state index contributed by atoms with van der Waals surface area (Å²) in [7, 11) is 3.40. The third-order valence-corrected chi connectivity index (χ3v) is 2.79. The van der Waals surface area contributed by atoms with Crippen molar-refractivity contribution in [3.8, 4) is 0 Å². The summed E-state index contributed by atoms with van der Waals surface area (Å²) in [5.74, 6) is 0.0964. The van der Waals surface area contributed by atoms with Gasteiger partial charge in [-0.05, 0) is 13.0 Å². The molecule has 3 nitrogen and oxygen atoms in total. The summed E-state index contributed by atoms with van der Waals surface area (Å²) in [5, 5.41) is 0. The van der Waals surface area contributed by atoms with Crippen molar-refractivity contribution in [2.24, 2.45) is 0 Å². The monoisotopic (exact) mass is 246 g/mol. The van der Waals surface area contributed by atoms with Crippen LogP contribution in [0.2, 0.25) is 0 Å². The maximum Gasteiger partial charge on any atom is 0.170 e. The predicted octanol–water partition coefficient (Wildman–Crippen LogP) is 2.43. The SMILES string of the molecule is COCC(C)N(C)c1nccc(CCl)c1F. The van der Waals surface area contributed by atoms with Gasteiger partial charge >= 0.3 is 0 Å². The van der Waals surface area contributed by atoms with E-state index in [1.165, 1.54) is 0 Å². The van der Waals surface area contributed by atoms with Gasteiger partial charge in [0.1, 0.15) is 0 Å². The standard InChI is InChI=1S/C11H16ClFN2O/c1-8(7-16-3)15(2)11-10(13)9(6-12)4-5-14-11/h4-5,8H,6-7H2,1-3H3. The minimum absolute atomic E-state index is 0.0533. The molecule has 0 N–H and O–H groups in total. The molecular formula is C11H16ClFN2O. The van der Waals surface area contributed by atoms with Crippen molar-refractivity contribution in [3.63, 3.8) is 0 Å². The first-order chi connectivity index (χ1) is 7.61. The minimum atomic E-state index is -0.358. The number of nitrogens with zero attached hydrogens (tertiary/aromatic N) is 2. The van der Waals surface area contributed by atoms with Gasteiger partial charge in [-0.1, -0.05) is 0 Å². The highest BCUT2D eigenvalue weighted by Crippen LogP contribution is 2.21. The summed E-state index contributed by atoms with van der Waals surface area (Å²) in [6, 6.07) is 1.64. The Morgan fingerprint density at radius 1 is 1.62 bits per heavy atom. The van der Waals surface area contributed by atoms with Crippen LogP contribution in [0.1, 0.15) is 12.5 Å². The first-order valence-electron chi connectivity index (χ1n) is 5.03. The molecule has 1 rings (SSSR count). The van der Waals surface area contributed by atoms with Gasteiger partial charge in [0, 0.05) is 25.9 Å². The Kier molecular flexibility index (Phi) is 4.96. The molecule has 1 aromatic rings. The Morgan fingerprint density at radius 3 is 2.88 bits per heavy atom. The number of rotatable bonds is 5. The molecule has 1 unspecified atom stereocenters. The third-order valence-electron chi connectivity index (χ3n) is 2.50. The van der Waals surface area contributed by atoms with E-state index in [0.717, 1.165) is 0 Å². The van der Waals surface area contributed by atoms with E-state index in [2.05, 4.69) is 4.98 Å². The van der Waals surface area contributed by atoms with Gasteiger partial charge in [-0.25, -0.2) is 9.37 Å². The minimum Gasteiger partial charge on any atom is -0.383 e. The number of methoxy groups -OCH3 is 1. The van der Waals surface area contributed by atoms with Gasteiger partial charge in [-0.3, -0.25) is 0 Å². The van der Waals surface area contributed by atoms with Gasteiger partial charge in [-0.15, -0.1) is 11.6 Å². The molecule has 0 saturated carbocycles. The van der Waals surface area contributed by atoms with Gasteiger partial charge in [-0.2, -0.15) is 0 Å². The number of hydrogen-bond acceptors (Lipinski definition) is 3. The van der Waals surface area contributed by atoms with Crippen molar-refractivity contribution in [3.05, 3.63) is 23.6 Å². The lowest BCUT2D eigenvalue weighted by molar-refractivity contribution is 0.183. The number of pyridine rings is 1. The number of ether oxygens (including phenoxy) is 1. The van der Waals surface area contributed by atoms with Crippen LogP contribution in [0.4, 0.5) is 10.2 Å². The first kappa shape index (κ1) is 13.2. The van der Waals surface area contributed by atoms with E-state index in [1.807, 2.05) is 6.92 Å². The Morgan fingerprint density at radius 2 is 2.31 bits per heavy atom. The lowest BCUT2D eigenvalue weighted by Gasteiger charge is -2.26. The predicted molar refractivity (Wildman–Crippen MR) is 63.5 cm³/mol. The van der Waals surface area contributed by atoms with Crippen LogP contribution < -0.4 is 4.90 Å². The Balaban J connectivity index is 2.94. The average Bonchev–Trinajstić information content (AvgIpc) is 2.29. The van der Waals surface area contributed by atoms with Crippen LogP contribution in [0.25, 0.3) is 0 Å². The lowest BCUT2D eigenvalue weighted by Crippen LogP contribution is -2.34. The highest BCUT2D eigenvalue weighted by molar-refractivity contribution is 6.17. The molecule has 0 radical (unpaired) electrons. The van der Waals surface area contributed by atoms with Crippen LogP contribution in [0.15, 0.2) is 12.3 Å². The van der Waals surface area contributed by atoms with Crippen LogP contribution in [0.3, 0.4) is 0 Å². The molecule has 5 heteroatoms. The maximum absolute atomic E-state index is 13.9. The molecule has 1 aromatic heterocycles. The average molecular weight is 247 g/mol. The normalized spacial score (nSPS) is 12.6. The molecule has 0 aliphatic heterocycles. The largest absolute Gasteiger partial charge is 0.383 e. The van der Waals surface area contributed by atoms with Gasteiger partial charge in [0.15, 0.2) is 11.6 Å². The molecule has 16 heavy (non-hydrogen) atoms. The van der Waals surface area contributed by atoms with Gasteiger partial charge in [0.05, 0.1) is 18.5 Å². The van der Waals surface area contributed by atoms with Crippen molar-refractivity contribution in [1.29, 1.82) is 0 Å². The molecule has 0 fully saturated rings. The smallest absolute Gasteiger partial charge is 0.170 e. The number of alkyl halides is 1. The Labute approximate surface area is 100 Å². The summed E-state index contributed by atoms with van der Waals surface area (Å²) < 4.78 is 18.9. The second-order valence-corrected chi connectivity index (χ2v) is 3.92. The molecule has 0 aliphatic carbocycles. The highest BCUT2D eigenvalue weighted by atomic mass is 35.5. The highest BCUT2D eigenvalue weighted by Gasteiger charge is 2.17. The van der Waals surface area contributed by atoms with Crippen LogP contribution in [0, 0.1) is 5.82 Å². The number of halogens is 2. The molecule has 90 valence electrons. The molecule has 0 bridgehead atoms. The summed E-state index contributed by atoms with van der Waals surface area (Å²) >= 11 is 5.64. The van der Waals surface area contributed by atoms with Crippen molar-refractivity contribution < 1.29 is 9.13 Å². The van der Waals surface area contributed by atoms with E-state index >= 15 is 0 Å². The first-order valence-corrected chi connectivity index (χ1v) is 5.56. The van der Waals surface area contributed by atoms with E-state index in [0.29, 0.717) is 18.0 Å². The van der Waals surface area contributed by atoms with Gasteiger partial charge < -0.3 is 9.64 Å². The van der Waals surface area contributed by atoms with E-state index in [9.17, 15) is 4.39 Å². The van der Waals surface area contributed by atoms with Crippen LogP contribution in [-0.2, 0) is 10.6 Å². The lowest BCUT2D eigenvalue weighted by atomic mass is 10.2. The Bertz CT molecular complexity index is 349. The molecule has 0 aliphatic rings. The molecular weight excluding hydrogens is 231 g/mol. The number of anilines is 1. The van der Waals surface area contributed by atoms with E-state index < -0.39 is 0 Å². The topological polar surface area (TPSA) is 25.4 Å². The fourth-order valence-corrected chi connectivity index (χ4v) is 1.59. The van der Waals surface area contributed by atoms with Crippen molar-refractivity contribution in [2.45, 2.75) is 18.8 Å². The molecule has 0 aromatic carbocycles. The quantitative estimate of drug-likeness (QED) is 0.747. The molecule has 1 heterocycles. The number of likely N-dealkylation sites (N-methyl/N-ethyl adjacent to an activating group) is 1. The molecule has 0 saturated heterocycles. The zero-order valence-corrected chi connectivity index (χ0v) is 10.5. The van der Waals surface area contributed by atoms with Gasteiger partial charge in [0.25, 0.3) is 0 Å². The Hall–Kier alpha value is -0.870. The van der Waals surface area contributed by atoms with Crippen molar-refractivity contribution in [2.75, 3.05) is 25.7 Å². The second-order valence-electron chi connectivity index (χ2n) is 3.66. The summed E-state index contributed by atoms with van der Waals surface area (Å²) in [6.07, 6.45) is 1.56. The fourth-order valence-electron chi connectivity index (χ4n) is 1.38. The maximum atomic E-state index is 13.9. The van der Waals surface area contributed by atoms with Crippen LogP contribution >= 0.6 is 11.6 Å². The summed E-state index contributed by atoms with van der Waals surface area (Å²) in [5.41, 5.74) is 0.461. The molecule has 1 atom stereocenters. The van der Waals surface area contributed by atoms with E-state index in [1.54, 1.807) is 31.3 Å². The van der Waals surface area contributed by atoms with Crippen LogP contribution in [0.5, 0.6) is 0 Å². The third kappa shape index (κ3) is 2.83. The van der Waals surface area contributed by atoms with E-state index in [-0.39, 0.29) is 17.7 Å². The fraction of sp³-hybridized carbons (Fsp3) is 0.545. The molecule has 0 amide bonds. The zero-order chi connectivity index (χ0) is 12.1. The van der Waals surface area contributed by atoms with Gasteiger partial charge in [0.2, 0.25) is 0 Å². The van der Waals surface area contributed by atoms with Crippen LogP contribution in [-0.4, -0.2) is 31.8 Å². The van der Waals surface area contributed by atoms with E-state index in [4.69, 9.17) is 16.3 Å².